The van der Waals surface area contributed by atoms with Gasteiger partial charge in [-0.2, -0.15) is 8.78 Å². The van der Waals surface area contributed by atoms with Crippen LogP contribution in [0, 0.1) is 6.92 Å². The molecule has 2 rings (SSSR count). The largest absolute Gasteiger partial charge is 0.465 e. The summed E-state index contributed by atoms with van der Waals surface area (Å²) in [6.45, 7) is 1.59. The van der Waals surface area contributed by atoms with E-state index in [9.17, 15) is 8.78 Å². The minimum absolute atomic E-state index is 0.0784. The monoisotopic (exact) mass is 295 g/mol. The van der Waals surface area contributed by atoms with Gasteiger partial charge in [-0.3, -0.25) is 0 Å². The van der Waals surface area contributed by atoms with Gasteiger partial charge in [0.1, 0.15) is 17.3 Å². The third-order valence-electron chi connectivity index (χ3n) is 3.24. The number of halogens is 2. The lowest BCUT2D eigenvalue weighted by atomic mass is 10.0. The second kappa shape index (κ2) is 7.22. The first-order valence-corrected chi connectivity index (χ1v) is 6.92. The highest BCUT2D eigenvalue weighted by molar-refractivity contribution is 5.36. The van der Waals surface area contributed by atoms with Gasteiger partial charge in [-0.15, -0.1) is 0 Å². The molecule has 5 heteroatoms. The number of nitrogens with one attached hydrogen (secondary N) is 1. The summed E-state index contributed by atoms with van der Waals surface area (Å²) in [6, 6.07) is 10.6. The van der Waals surface area contributed by atoms with Gasteiger partial charge in [0.2, 0.25) is 0 Å². The number of furan rings is 1. The summed E-state index contributed by atoms with van der Waals surface area (Å²) < 4.78 is 35.0. The smallest absolute Gasteiger partial charge is 0.387 e. The van der Waals surface area contributed by atoms with Gasteiger partial charge >= 0.3 is 6.61 Å². The maximum Gasteiger partial charge on any atom is 0.387 e. The van der Waals surface area contributed by atoms with E-state index in [1.165, 1.54) is 0 Å². The number of ether oxygens (including phenoxy) is 1. The summed E-state index contributed by atoms with van der Waals surface area (Å²) in [4.78, 5) is 0. The Kier molecular flexibility index (Phi) is 5.33. The lowest BCUT2D eigenvalue weighted by Crippen LogP contribution is -2.21. The van der Waals surface area contributed by atoms with Gasteiger partial charge in [-0.25, -0.2) is 0 Å². The summed E-state index contributed by atoms with van der Waals surface area (Å²) in [5.74, 6) is 1.88. The molecule has 0 bridgehead atoms. The van der Waals surface area contributed by atoms with E-state index in [0.717, 1.165) is 23.5 Å². The van der Waals surface area contributed by atoms with Crippen molar-refractivity contribution in [2.24, 2.45) is 0 Å². The predicted molar refractivity (Wildman–Crippen MR) is 76.4 cm³/mol. The van der Waals surface area contributed by atoms with Crippen molar-refractivity contribution in [3.8, 4) is 5.75 Å². The van der Waals surface area contributed by atoms with Gasteiger partial charge in [-0.05, 0) is 31.5 Å². The van der Waals surface area contributed by atoms with Crippen molar-refractivity contribution in [3.05, 3.63) is 53.5 Å². The summed E-state index contributed by atoms with van der Waals surface area (Å²) in [6.07, 6.45) is 0.753. The van der Waals surface area contributed by atoms with Gasteiger partial charge in [0.15, 0.2) is 0 Å². The zero-order valence-corrected chi connectivity index (χ0v) is 12.1. The fourth-order valence-corrected chi connectivity index (χ4v) is 2.25. The van der Waals surface area contributed by atoms with Gasteiger partial charge in [-0.1, -0.05) is 25.1 Å². The standard InChI is InChI=1S/C16H19F2NO2/c1-3-14(19-10-12-9-8-11(2)20-12)13-6-4-5-7-15(13)21-16(17)18/h4-9,14,16,19H,3,10H2,1-2H3. The van der Waals surface area contributed by atoms with Crippen LogP contribution < -0.4 is 10.1 Å². The highest BCUT2D eigenvalue weighted by Gasteiger charge is 2.16. The van der Waals surface area contributed by atoms with E-state index >= 15 is 0 Å². The summed E-state index contributed by atoms with van der Waals surface area (Å²) in [5.41, 5.74) is 0.726. The van der Waals surface area contributed by atoms with Gasteiger partial charge in [0.05, 0.1) is 6.54 Å². The minimum Gasteiger partial charge on any atom is -0.465 e. The van der Waals surface area contributed by atoms with Crippen molar-refractivity contribution < 1.29 is 17.9 Å². The fourth-order valence-electron chi connectivity index (χ4n) is 2.25. The second-order valence-electron chi connectivity index (χ2n) is 4.77. The molecule has 1 N–H and O–H groups in total. The molecule has 1 heterocycles. The molecule has 0 saturated carbocycles. The molecule has 3 nitrogen and oxygen atoms in total. The van der Waals surface area contributed by atoms with E-state index in [4.69, 9.17) is 4.42 Å². The normalized spacial score (nSPS) is 12.6. The molecule has 0 fully saturated rings. The molecule has 0 radical (unpaired) electrons. The second-order valence-corrected chi connectivity index (χ2v) is 4.77. The highest BCUT2D eigenvalue weighted by Crippen LogP contribution is 2.28. The van der Waals surface area contributed by atoms with E-state index in [1.807, 2.05) is 32.0 Å². The molecule has 0 saturated heterocycles. The lowest BCUT2D eigenvalue weighted by molar-refractivity contribution is -0.0507. The van der Waals surface area contributed by atoms with Crippen LogP contribution in [-0.4, -0.2) is 6.61 Å². The quantitative estimate of drug-likeness (QED) is 0.820. The lowest BCUT2D eigenvalue weighted by Gasteiger charge is -2.20. The van der Waals surface area contributed by atoms with Crippen LogP contribution in [0.5, 0.6) is 5.75 Å². The fraction of sp³-hybridized carbons (Fsp3) is 0.375. The van der Waals surface area contributed by atoms with Crippen molar-refractivity contribution >= 4 is 0 Å². The van der Waals surface area contributed by atoms with Gasteiger partial charge < -0.3 is 14.5 Å². The van der Waals surface area contributed by atoms with E-state index in [0.29, 0.717) is 6.54 Å². The van der Waals surface area contributed by atoms with Crippen molar-refractivity contribution in [2.75, 3.05) is 0 Å². The molecule has 1 aromatic carbocycles. The zero-order valence-electron chi connectivity index (χ0n) is 12.1. The summed E-state index contributed by atoms with van der Waals surface area (Å²) in [5, 5.41) is 3.31. The average Bonchev–Trinajstić information content (AvgIpc) is 2.86. The molecule has 1 aromatic heterocycles. The van der Waals surface area contributed by atoms with Crippen molar-refractivity contribution in [2.45, 2.75) is 39.5 Å². The van der Waals surface area contributed by atoms with E-state index in [1.54, 1.807) is 18.2 Å². The molecule has 0 spiro atoms. The van der Waals surface area contributed by atoms with Crippen LogP contribution in [0.3, 0.4) is 0 Å². The molecule has 2 aromatic rings. The third kappa shape index (κ3) is 4.29. The Labute approximate surface area is 122 Å². The van der Waals surface area contributed by atoms with Gasteiger partial charge in [0.25, 0.3) is 0 Å². The average molecular weight is 295 g/mol. The Morgan fingerprint density at radius 3 is 2.57 bits per heavy atom. The molecule has 0 aliphatic heterocycles. The number of hydrogen-bond donors (Lipinski definition) is 1. The Hall–Kier alpha value is -1.88. The van der Waals surface area contributed by atoms with Crippen LogP contribution >= 0.6 is 0 Å². The Morgan fingerprint density at radius 2 is 1.95 bits per heavy atom. The van der Waals surface area contributed by atoms with Crippen LogP contribution in [0.25, 0.3) is 0 Å². The number of rotatable bonds is 7. The first-order valence-electron chi connectivity index (χ1n) is 6.92. The molecule has 0 aliphatic rings. The number of alkyl halides is 2. The van der Waals surface area contributed by atoms with E-state index in [-0.39, 0.29) is 11.8 Å². The van der Waals surface area contributed by atoms with Crippen LogP contribution in [-0.2, 0) is 6.54 Å². The Morgan fingerprint density at radius 1 is 1.19 bits per heavy atom. The zero-order chi connectivity index (χ0) is 15.2. The Balaban J connectivity index is 2.09. The predicted octanol–water partition coefficient (Wildman–Crippen LogP) is 4.43. The summed E-state index contributed by atoms with van der Waals surface area (Å²) >= 11 is 0. The summed E-state index contributed by atoms with van der Waals surface area (Å²) in [7, 11) is 0. The number of benzene rings is 1. The Bertz CT molecular complexity index is 569. The topological polar surface area (TPSA) is 34.4 Å². The first-order chi connectivity index (χ1) is 10.1. The van der Waals surface area contributed by atoms with Crippen LogP contribution in [0.2, 0.25) is 0 Å². The van der Waals surface area contributed by atoms with Crippen molar-refractivity contribution in [1.29, 1.82) is 0 Å². The molecule has 114 valence electrons. The first kappa shape index (κ1) is 15.5. The molecule has 1 unspecified atom stereocenters. The van der Waals surface area contributed by atoms with E-state index in [2.05, 4.69) is 10.1 Å². The number of aryl methyl sites for hydroxylation is 1. The van der Waals surface area contributed by atoms with Crippen LogP contribution in [0.1, 0.15) is 36.5 Å². The molecule has 1 atom stereocenters. The maximum absolute atomic E-state index is 12.5. The molecule has 21 heavy (non-hydrogen) atoms. The number of hydrogen-bond acceptors (Lipinski definition) is 3. The van der Waals surface area contributed by atoms with E-state index < -0.39 is 6.61 Å². The van der Waals surface area contributed by atoms with Crippen molar-refractivity contribution in [1.82, 2.24) is 5.32 Å². The highest BCUT2D eigenvalue weighted by atomic mass is 19.3. The third-order valence-corrected chi connectivity index (χ3v) is 3.24. The van der Waals surface area contributed by atoms with Gasteiger partial charge in [0, 0.05) is 11.6 Å². The SMILES string of the molecule is CCC(NCc1ccc(C)o1)c1ccccc1OC(F)F. The van der Waals surface area contributed by atoms with Crippen LogP contribution in [0.15, 0.2) is 40.8 Å². The minimum atomic E-state index is -2.82. The van der Waals surface area contributed by atoms with Crippen LogP contribution in [0.4, 0.5) is 8.78 Å². The molecular formula is C16H19F2NO2. The maximum atomic E-state index is 12.5. The molecular weight excluding hydrogens is 276 g/mol. The molecule has 0 amide bonds. The molecule has 0 aliphatic carbocycles. The number of para-hydroxylation sites is 1. The van der Waals surface area contributed by atoms with Crippen molar-refractivity contribution in [3.63, 3.8) is 0 Å².